The largest absolute Gasteiger partial charge is 0.480 e. The highest BCUT2D eigenvalue weighted by atomic mass is 32.2. The van der Waals surface area contributed by atoms with Crippen molar-refractivity contribution in [1.82, 2.24) is 9.71 Å². The van der Waals surface area contributed by atoms with E-state index in [4.69, 9.17) is 4.74 Å². The second-order valence-corrected chi connectivity index (χ2v) is 6.52. The fourth-order valence-electron chi connectivity index (χ4n) is 1.99. The molecular formula is C12H16N2O5S. The van der Waals surface area contributed by atoms with E-state index in [1.165, 1.54) is 0 Å². The molecule has 2 heterocycles. The van der Waals surface area contributed by atoms with Crippen molar-refractivity contribution in [3.05, 3.63) is 30.1 Å². The van der Waals surface area contributed by atoms with E-state index in [2.05, 4.69) is 9.71 Å². The number of carboxylic acid groups (broad SMARTS) is 1. The highest BCUT2D eigenvalue weighted by molar-refractivity contribution is 7.89. The minimum Gasteiger partial charge on any atom is -0.480 e. The van der Waals surface area contributed by atoms with Gasteiger partial charge in [-0.2, -0.15) is 4.72 Å². The molecular weight excluding hydrogens is 284 g/mol. The molecule has 7 nitrogen and oxygen atoms in total. The smallest absolute Gasteiger partial charge is 0.327 e. The molecule has 0 saturated carbocycles. The van der Waals surface area contributed by atoms with E-state index in [0.29, 0.717) is 5.69 Å². The Bertz CT molecular complexity index is 567. The molecule has 8 heteroatoms. The average Bonchev–Trinajstić information content (AvgIpc) is 2.87. The van der Waals surface area contributed by atoms with Crippen LogP contribution in [0.3, 0.4) is 0 Å². The lowest BCUT2D eigenvalue weighted by Crippen LogP contribution is -2.55. The van der Waals surface area contributed by atoms with Crippen LogP contribution < -0.4 is 4.72 Å². The number of hydrogen-bond donors (Lipinski definition) is 2. The summed E-state index contributed by atoms with van der Waals surface area (Å²) in [6.45, 7) is 0.0835. The Morgan fingerprint density at radius 1 is 1.50 bits per heavy atom. The number of carbonyl (C=O) groups is 1. The summed E-state index contributed by atoms with van der Waals surface area (Å²) < 4.78 is 31.3. The molecule has 1 aromatic heterocycles. The molecule has 2 rings (SSSR count). The van der Waals surface area contributed by atoms with Crippen LogP contribution in [0.15, 0.2) is 24.4 Å². The standard InChI is InChI=1S/C12H16N2O5S/c15-11(16)12(5-7-19-9-12)14-20(17,18)8-4-10-3-1-2-6-13-10/h1-3,6,14H,4-5,7-9H2,(H,15,16). The lowest BCUT2D eigenvalue weighted by molar-refractivity contribution is -0.144. The van der Waals surface area contributed by atoms with Crippen LogP contribution in [0, 0.1) is 0 Å². The summed E-state index contributed by atoms with van der Waals surface area (Å²) in [5, 5.41) is 9.19. The maximum absolute atomic E-state index is 12.0. The number of aliphatic carboxylic acids is 1. The fourth-order valence-corrected chi connectivity index (χ4v) is 3.41. The molecule has 20 heavy (non-hydrogen) atoms. The first kappa shape index (κ1) is 14.9. The number of aryl methyl sites for hydroxylation is 1. The minimum absolute atomic E-state index is 0.130. The maximum atomic E-state index is 12.0. The second kappa shape index (κ2) is 5.86. The fraction of sp³-hybridized carbons (Fsp3) is 0.500. The number of aromatic nitrogens is 1. The molecule has 0 aromatic carbocycles. The molecule has 0 spiro atoms. The van der Waals surface area contributed by atoms with Gasteiger partial charge in [-0.1, -0.05) is 6.07 Å². The van der Waals surface area contributed by atoms with Crippen molar-refractivity contribution < 1.29 is 23.1 Å². The van der Waals surface area contributed by atoms with Crippen LogP contribution in [0.4, 0.5) is 0 Å². The Kier molecular flexibility index (Phi) is 4.36. The number of ether oxygens (including phenoxy) is 1. The van der Waals surface area contributed by atoms with Gasteiger partial charge in [0.25, 0.3) is 0 Å². The van der Waals surface area contributed by atoms with Gasteiger partial charge < -0.3 is 9.84 Å². The van der Waals surface area contributed by atoms with Crippen LogP contribution in [0.5, 0.6) is 0 Å². The van der Waals surface area contributed by atoms with Crippen molar-refractivity contribution in [1.29, 1.82) is 0 Å². The number of sulfonamides is 1. The molecule has 0 radical (unpaired) electrons. The van der Waals surface area contributed by atoms with E-state index in [-0.39, 0.29) is 31.8 Å². The van der Waals surface area contributed by atoms with Gasteiger partial charge in [0.2, 0.25) is 10.0 Å². The topological polar surface area (TPSA) is 106 Å². The third kappa shape index (κ3) is 3.53. The highest BCUT2D eigenvalue weighted by Gasteiger charge is 2.45. The van der Waals surface area contributed by atoms with Gasteiger partial charge in [-0.3, -0.25) is 9.78 Å². The van der Waals surface area contributed by atoms with Crippen LogP contribution in [-0.4, -0.2) is 49.0 Å². The predicted octanol–water partition coefficient (Wildman–Crippen LogP) is -0.213. The van der Waals surface area contributed by atoms with Gasteiger partial charge in [0.1, 0.15) is 0 Å². The van der Waals surface area contributed by atoms with Crippen LogP contribution >= 0.6 is 0 Å². The molecule has 1 aromatic rings. The second-order valence-electron chi connectivity index (χ2n) is 4.68. The van der Waals surface area contributed by atoms with Crippen molar-refractivity contribution in [2.75, 3.05) is 19.0 Å². The molecule has 1 saturated heterocycles. The van der Waals surface area contributed by atoms with Crippen LogP contribution in [0.25, 0.3) is 0 Å². The van der Waals surface area contributed by atoms with Crippen molar-refractivity contribution >= 4 is 16.0 Å². The average molecular weight is 300 g/mol. The number of nitrogens with zero attached hydrogens (tertiary/aromatic N) is 1. The predicted molar refractivity (Wildman–Crippen MR) is 70.7 cm³/mol. The molecule has 1 aliphatic rings. The zero-order chi connectivity index (χ0) is 14.6. The summed E-state index contributed by atoms with van der Waals surface area (Å²) in [5.74, 6) is -1.42. The van der Waals surface area contributed by atoms with E-state index in [9.17, 15) is 18.3 Å². The van der Waals surface area contributed by atoms with Gasteiger partial charge in [0, 0.05) is 31.3 Å². The summed E-state index contributed by atoms with van der Waals surface area (Å²) in [5.41, 5.74) is -0.895. The zero-order valence-electron chi connectivity index (χ0n) is 10.8. The number of hydrogen-bond acceptors (Lipinski definition) is 5. The summed E-state index contributed by atoms with van der Waals surface area (Å²) >= 11 is 0. The minimum atomic E-state index is -3.72. The van der Waals surface area contributed by atoms with E-state index >= 15 is 0 Å². The van der Waals surface area contributed by atoms with Crippen molar-refractivity contribution in [2.24, 2.45) is 0 Å². The molecule has 1 atom stereocenters. The Labute approximate surface area is 117 Å². The molecule has 110 valence electrons. The number of nitrogens with one attached hydrogen (secondary N) is 1. The van der Waals surface area contributed by atoms with Crippen LogP contribution in [0.1, 0.15) is 12.1 Å². The quantitative estimate of drug-likeness (QED) is 0.753. The van der Waals surface area contributed by atoms with Crippen molar-refractivity contribution in [2.45, 2.75) is 18.4 Å². The normalized spacial score (nSPS) is 22.8. The number of carboxylic acids is 1. The zero-order valence-corrected chi connectivity index (χ0v) is 11.6. The lowest BCUT2D eigenvalue weighted by Gasteiger charge is -2.23. The Morgan fingerprint density at radius 2 is 2.30 bits per heavy atom. The summed E-state index contributed by atoms with van der Waals surface area (Å²) in [6.07, 6.45) is 1.94. The Morgan fingerprint density at radius 3 is 2.85 bits per heavy atom. The summed E-state index contributed by atoms with van der Waals surface area (Å²) in [7, 11) is -3.72. The number of pyridine rings is 1. The summed E-state index contributed by atoms with van der Waals surface area (Å²) in [6, 6.07) is 5.23. The van der Waals surface area contributed by atoms with Gasteiger partial charge >= 0.3 is 5.97 Å². The van der Waals surface area contributed by atoms with Gasteiger partial charge in [0.05, 0.1) is 12.4 Å². The molecule has 0 bridgehead atoms. The SMILES string of the molecule is O=C(O)C1(NS(=O)(=O)CCc2ccccn2)CCOC1. The third-order valence-electron chi connectivity index (χ3n) is 3.13. The highest BCUT2D eigenvalue weighted by Crippen LogP contribution is 2.20. The molecule has 0 aliphatic carbocycles. The van der Waals surface area contributed by atoms with Crippen molar-refractivity contribution in [3.8, 4) is 0 Å². The molecule has 1 fully saturated rings. The van der Waals surface area contributed by atoms with Gasteiger partial charge in [-0.25, -0.2) is 8.42 Å². The van der Waals surface area contributed by atoms with Gasteiger partial charge in [0.15, 0.2) is 5.54 Å². The lowest BCUT2D eigenvalue weighted by atomic mass is 10.0. The maximum Gasteiger partial charge on any atom is 0.327 e. The van der Waals surface area contributed by atoms with Gasteiger partial charge in [-0.05, 0) is 12.1 Å². The van der Waals surface area contributed by atoms with E-state index in [1.807, 2.05) is 0 Å². The Hall–Kier alpha value is -1.51. The molecule has 1 aliphatic heterocycles. The van der Waals surface area contributed by atoms with E-state index in [1.54, 1.807) is 24.4 Å². The first-order valence-corrected chi connectivity index (χ1v) is 7.81. The van der Waals surface area contributed by atoms with E-state index in [0.717, 1.165) is 0 Å². The number of rotatable bonds is 6. The van der Waals surface area contributed by atoms with Gasteiger partial charge in [-0.15, -0.1) is 0 Å². The molecule has 0 amide bonds. The first-order chi connectivity index (χ1) is 9.44. The van der Waals surface area contributed by atoms with Crippen molar-refractivity contribution in [3.63, 3.8) is 0 Å². The summed E-state index contributed by atoms with van der Waals surface area (Å²) in [4.78, 5) is 15.3. The monoisotopic (exact) mass is 300 g/mol. The molecule has 2 N–H and O–H groups in total. The Balaban J connectivity index is 2.02. The van der Waals surface area contributed by atoms with E-state index < -0.39 is 21.5 Å². The molecule has 1 unspecified atom stereocenters. The van der Waals surface area contributed by atoms with Crippen LogP contribution in [-0.2, 0) is 26.0 Å². The van der Waals surface area contributed by atoms with Crippen LogP contribution in [0.2, 0.25) is 0 Å². The third-order valence-corrected chi connectivity index (χ3v) is 4.58. The first-order valence-electron chi connectivity index (χ1n) is 6.16.